The molecule has 0 bridgehead atoms. The van der Waals surface area contributed by atoms with Crippen molar-refractivity contribution in [3.8, 4) is 6.07 Å². The highest BCUT2D eigenvalue weighted by molar-refractivity contribution is 8.93. The van der Waals surface area contributed by atoms with Gasteiger partial charge in [0, 0.05) is 0 Å². The summed E-state index contributed by atoms with van der Waals surface area (Å²) in [5.41, 5.74) is 1.90. The van der Waals surface area contributed by atoms with E-state index in [1.165, 1.54) is 5.56 Å². The normalized spacial score (nSPS) is 7.92. The van der Waals surface area contributed by atoms with E-state index < -0.39 is 0 Å². The van der Waals surface area contributed by atoms with Crippen molar-refractivity contribution >= 4 is 17.0 Å². The first-order chi connectivity index (χ1) is 5.36. The van der Waals surface area contributed by atoms with Gasteiger partial charge in [0.1, 0.15) is 0 Å². The van der Waals surface area contributed by atoms with Crippen LogP contribution in [0.25, 0.3) is 0 Å². The molecule has 12 heavy (non-hydrogen) atoms. The first-order valence-corrected chi connectivity index (χ1v) is 3.47. The van der Waals surface area contributed by atoms with Gasteiger partial charge in [-0.3, -0.25) is 0 Å². The molecule has 0 saturated heterocycles. The van der Waals surface area contributed by atoms with Crippen molar-refractivity contribution in [2.45, 2.75) is 6.42 Å². The molecular weight excluding hydrogens is 214 g/mol. The van der Waals surface area contributed by atoms with E-state index >= 15 is 0 Å². The molecule has 0 aromatic heterocycles. The van der Waals surface area contributed by atoms with Crippen molar-refractivity contribution in [2.75, 3.05) is 0 Å². The molecule has 0 fully saturated rings. The minimum atomic E-state index is 0. The van der Waals surface area contributed by atoms with Crippen molar-refractivity contribution in [1.82, 2.24) is 0 Å². The van der Waals surface area contributed by atoms with Crippen LogP contribution in [0, 0.1) is 11.3 Å². The fraction of sp³-hybridized carbons (Fsp3) is 0.100. The maximum Gasteiger partial charge on any atom is 0.0991 e. The lowest BCUT2D eigenvalue weighted by molar-refractivity contribution is 1.27. The van der Waals surface area contributed by atoms with Crippen LogP contribution in [0.2, 0.25) is 0 Å². The van der Waals surface area contributed by atoms with Crippen molar-refractivity contribution in [2.24, 2.45) is 0 Å². The molecule has 0 aliphatic heterocycles. The van der Waals surface area contributed by atoms with E-state index in [9.17, 15) is 0 Å². The molecule has 1 nitrogen and oxygen atoms in total. The zero-order valence-corrected chi connectivity index (χ0v) is 8.37. The minimum Gasteiger partial charge on any atom is -0.192 e. The van der Waals surface area contributed by atoms with Crippen LogP contribution in [-0.4, -0.2) is 0 Å². The molecule has 0 spiro atoms. The molecule has 0 saturated carbocycles. The van der Waals surface area contributed by atoms with E-state index in [1.807, 2.05) is 30.3 Å². The Morgan fingerprint density at radius 2 is 1.92 bits per heavy atom. The summed E-state index contributed by atoms with van der Waals surface area (Å²) in [6, 6.07) is 9.60. The van der Waals surface area contributed by atoms with Crippen LogP contribution < -0.4 is 0 Å². The van der Waals surface area contributed by atoms with Gasteiger partial charge >= 0.3 is 0 Å². The number of benzene rings is 1. The Morgan fingerprint density at radius 1 is 1.33 bits per heavy atom. The molecule has 0 aliphatic rings. The number of hydrogen-bond donors (Lipinski definition) is 0. The van der Waals surface area contributed by atoms with Gasteiger partial charge in [0.25, 0.3) is 0 Å². The Balaban J connectivity index is 0.00000121. The predicted molar refractivity (Wildman–Crippen MR) is 55.4 cm³/mol. The van der Waals surface area contributed by atoms with Crippen molar-refractivity contribution in [3.05, 3.63) is 48.0 Å². The molecule has 0 amide bonds. The first-order valence-electron chi connectivity index (χ1n) is 3.47. The molecule has 0 N–H and O–H groups in total. The van der Waals surface area contributed by atoms with Crippen LogP contribution in [0.1, 0.15) is 11.1 Å². The number of rotatable bonds is 2. The van der Waals surface area contributed by atoms with E-state index in [0.29, 0.717) is 5.56 Å². The highest BCUT2D eigenvalue weighted by atomic mass is 79.9. The standard InChI is InChI=1S/C10H9N.BrH/c1-2-3-9-4-6-10(8-11)7-5-9;/h2,4-7H,1,3H2;1H. The quantitative estimate of drug-likeness (QED) is 0.708. The minimum absolute atomic E-state index is 0. The van der Waals surface area contributed by atoms with Gasteiger partial charge in [0.15, 0.2) is 0 Å². The van der Waals surface area contributed by atoms with Crippen LogP contribution in [-0.2, 0) is 6.42 Å². The number of allylic oxidation sites excluding steroid dienone is 1. The fourth-order valence-electron chi connectivity index (χ4n) is 0.882. The third kappa shape index (κ3) is 2.89. The molecule has 1 aromatic carbocycles. The van der Waals surface area contributed by atoms with Gasteiger partial charge in [-0.05, 0) is 24.1 Å². The van der Waals surface area contributed by atoms with Gasteiger partial charge in [0.2, 0.25) is 0 Å². The highest BCUT2D eigenvalue weighted by Crippen LogP contribution is 2.03. The highest BCUT2D eigenvalue weighted by Gasteiger charge is 1.89. The molecule has 1 aromatic rings. The second kappa shape index (κ2) is 5.56. The summed E-state index contributed by atoms with van der Waals surface area (Å²) in [5.74, 6) is 0. The maximum atomic E-state index is 8.49. The largest absolute Gasteiger partial charge is 0.192 e. The van der Waals surface area contributed by atoms with Crippen LogP contribution in [0.5, 0.6) is 0 Å². The molecule has 1 rings (SSSR count). The van der Waals surface area contributed by atoms with Crippen LogP contribution in [0.3, 0.4) is 0 Å². The summed E-state index contributed by atoms with van der Waals surface area (Å²) in [7, 11) is 0. The first kappa shape index (κ1) is 10.9. The van der Waals surface area contributed by atoms with E-state index in [1.54, 1.807) is 0 Å². The zero-order valence-electron chi connectivity index (χ0n) is 6.66. The van der Waals surface area contributed by atoms with Crippen LogP contribution >= 0.6 is 17.0 Å². The van der Waals surface area contributed by atoms with Crippen LogP contribution in [0.4, 0.5) is 0 Å². The monoisotopic (exact) mass is 223 g/mol. The van der Waals surface area contributed by atoms with Crippen molar-refractivity contribution < 1.29 is 0 Å². The van der Waals surface area contributed by atoms with Crippen LogP contribution in [0.15, 0.2) is 36.9 Å². The summed E-state index contributed by atoms with van der Waals surface area (Å²) in [5, 5.41) is 8.49. The maximum absolute atomic E-state index is 8.49. The van der Waals surface area contributed by atoms with E-state index in [4.69, 9.17) is 5.26 Å². The lowest BCUT2D eigenvalue weighted by Crippen LogP contribution is -1.80. The Kier molecular flexibility index (Phi) is 5.07. The average molecular weight is 224 g/mol. The van der Waals surface area contributed by atoms with Gasteiger partial charge in [-0.2, -0.15) is 5.26 Å². The number of nitrogens with zero attached hydrogens (tertiary/aromatic N) is 1. The smallest absolute Gasteiger partial charge is 0.0991 e. The predicted octanol–water partition coefficient (Wildman–Crippen LogP) is 2.86. The Morgan fingerprint density at radius 3 is 2.33 bits per heavy atom. The summed E-state index contributed by atoms with van der Waals surface area (Å²) in [6.07, 6.45) is 2.72. The Bertz CT molecular complexity index is 282. The molecule has 0 radical (unpaired) electrons. The summed E-state index contributed by atoms with van der Waals surface area (Å²) in [4.78, 5) is 0. The topological polar surface area (TPSA) is 23.8 Å². The van der Waals surface area contributed by atoms with Gasteiger partial charge in [-0.25, -0.2) is 0 Å². The lowest BCUT2D eigenvalue weighted by Gasteiger charge is -1.94. The summed E-state index contributed by atoms with van der Waals surface area (Å²) < 4.78 is 0. The van der Waals surface area contributed by atoms with Crippen molar-refractivity contribution in [1.29, 1.82) is 5.26 Å². The molecule has 2 heteroatoms. The lowest BCUT2D eigenvalue weighted by atomic mass is 10.1. The molecular formula is C10H10BrN. The van der Waals surface area contributed by atoms with E-state index in [0.717, 1.165) is 6.42 Å². The second-order valence-corrected chi connectivity index (χ2v) is 2.30. The third-order valence-corrected chi connectivity index (χ3v) is 1.46. The molecule has 62 valence electrons. The molecule has 0 unspecified atom stereocenters. The number of halogens is 1. The molecule has 0 atom stereocenters. The van der Waals surface area contributed by atoms with E-state index in [-0.39, 0.29) is 17.0 Å². The summed E-state index contributed by atoms with van der Waals surface area (Å²) in [6.45, 7) is 3.63. The number of hydrogen-bond acceptors (Lipinski definition) is 1. The Hall–Kier alpha value is -1.07. The van der Waals surface area contributed by atoms with Gasteiger partial charge in [-0.15, -0.1) is 23.6 Å². The zero-order chi connectivity index (χ0) is 8.10. The van der Waals surface area contributed by atoms with Gasteiger partial charge in [-0.1, -0.05) is 18.2 Å². The average Bonchev–Trinajstić information content (AvgIpc) is 2.07. The molecule has 0 aliphatic carbocycles. The van der Waals surface area contributed by atoms with Crippen molar-refractivity contribution in [3.63, 3.8) is 0 Å². The molecule has 0 heterocycles. The second-order valence-electron chi connectivity index (χ2n) is 2.30. The summed E-state index contributed by atoms with van der Waals surface area (Å²) >= 11 is 0. The fourth-order valence-corrected chi connectivity index (χ4v) is 0.882. The number of nitriles is 1. The third-order valence-electron chi connectivity index (χ3n) is 1.46. The SMILES string of the molecule is Br.C=CCc1ccc(C#N)cc1. The van der Waals surface area contributed by atoms with Gasteiger partial charge < -0.3 is 0 Å². The van der Waals surface area contributed by atoms with E-state index in [2.05, 4.69) is 12.6 Å². The Labute approximate surface area is 83.1 Å². The van der Waals surface area contributed by atoms with Gasteiger partial charge in [0.05, 0.1) is 11.6 Å².